The molecule has 6 atom stereocenters. The Kier molecular flexibility index (Phi) is 7.52. The molecule has 2 bridgehead atoms. The molecule has 3 N–H and O–H groups in total. The molecule has 0 aliphatic carbocycles. The van der Waals surface area contributed by atoms with Gasteiger partial charge in [-0.25, -0.2) is 0 Å². The first-order valence-electron chi connectivity index (χ1n) is 13.1. The zero-order chi connectivity index (χ0) is 25.2. The number of nitrogens with one attached hydrogen (secondary N) is 2. The molecule has 3 heterocycles. The van der Waals surface area contributed by atoms with Gasteiger partial charge < -0.3 is 25.4 Å². The highest BCUT2D eigenvalue weighted by atomic mass is 16.5. The Morgan fingerprint density at radius 2 is 1.80 bits per heavy atom. The number of unbranched alkanes of at least 4 members (excludes halogenated alkanes) is 1. The Hall–Kier alpha value is -2.45. The van der Waals surface area contributed by atoms with Crippen LogP contribution in [0.2, 0.25) is 0 Å². The maximum atomic E-state index is 14.2. The van der Waals surface area contributed by atoms with E-state index in [9.17, 15) is 19.5 Å². The molecule has 3 amide bonds. The van der Waals surface area contributed by atoms with E-state index in [2.05, 4.69) is 17.6 Å². The Bertz CT molecular complexity index is 940. The summed E-state index contributed by atoms with van der Waals surface area (Å²) in [4.78, 5) is 42.9. The van der Waals surface area contributed by atoms with Gasteiger partial charge in [0.1, 0.15) is 11.6 Å². The lowest BCUT2D eigenvalue weighted by molar-refractivity contribution is -0.151. The van der Waals surface area contributed by atoms with Crippen molar-refractivity contribution in [3.8, 4) is 0 Å². The van der Waals surface area contributed by atoms with Crippen molar-refractivity contribution in [2.24, 2.45) is 11.8 Å². The molecule has 1 spiro atoms. The van der Waals surface area contributed by atoms with E-state index < -0.39 is 35.1 Å². The summed E-state index contributed by atoms with van der Waals surface area (Å²) in [6.45, 7) is 6.72. The second-order valence-corrected chi connectivity index (χ2v) is 10.1. The molecule has 1 aromatic rings. The van der Waals surface area contributed by atoms with E-state index in [0.717, 1.165) is 24.8 Å². The van der Waals surface area contributed by atoms with E-state index in [0.29, 0.717) is 32.4 Å². The van der Waals surface area contributed by atoms with Crippen molar-refractivity contribution < 1.29 is 24.2 Å². The summed E-state index contributed by atoms with van der Waals surface area (Å²) in [5.74, 6) is -2.15. The lowest BCUT2D eigenvalue weighted by Crippen LogP contribution is -2.56. The number of ether oxygens (including phenoxy) is 1. The minimum atomic E-state index is -1.08. The number of aliphatic hydroxyl groups is 1. The zero-order valence-electron chi connectivity index (χ0n) is 21.1. The summed E-state index contributed by atoms with van der Waals surface area (Å²) in [5, 5.41) is 16.4. The molecule has 192 valence electrons. The van der Waals surface area contributed by atoms with Gasteiger partial charge in [0, 0.05) is 13.1 Å². The third-order valence-corrected chi connectivity index (χ3v) is 8.22. The number of fused-ring (bicyclic) bond motifs is 1. The van der Waals surface area contributed by atoms with E-state index in [1.807, 2.05) is 44.2 Å². The lowest BCUT2D eigenvalue weighted by Gasteiger charge is -2.37. The van der Waals surface area contributed by atoms with Gasteiger partial charge in [-0.2, -0.15) is 0 Å². The molecule has 3 aliphatic rings. The van der Waals surface area contributed by atoms with Crippen LogP contribution >= 0.6 is 0 Å². The number of rotatable bonds is 11. The molecule has 2 unspecified atom stereocenters. The van der Waals surface area contributed by atoms with Crippen molar-refractivity contribution >= 4 is 17.7 Å². The van der Waals surface area contributed by atoms with Crippen molar-refractivity contribution in [1.29, 1.82) is 0 Å². The van der Waals surface area contributed by atoms with Gasteiger partial charge in [0.05, 0.1) is 30.1 Å². The van der Waals surface area contributed by atoms with E-state index in [4.69, 9.17) is 4.74 Å². The van der Waals surface area contributed by atoms with E-state index in [-0.39, 0.29) is 24.3 Å². The van der Waals surface area contributed by atoms with Gasteiger partial charge in [-0.3, -0.25) is 14.4 Å². The van der Waals surface area contributed by atoms with Crippen molar-refractivity contribution in [2.75, 3.05) is 19.7 Å². The van der Waals surface area contributed by atoms with E-state index >= 15 is 0 Å². The fraction of sp³-hybridized carbons (Fsp3) is 0.667. The number of hydrogen-bond donors (Lipinski definition) is 3. The van der Waals surface area contributed by atoms with Crippen LogP contribution < -0.4 is 10.6 Å². The SMILES string of the molecule is CCCCNC(=O)C1N([C@H](CO)c2ccccc2)C(=O)[C@@H]2[C@H](C(=O)NCCC)[C@]3(CC)CCC12O3. The number of carbonyl (C=O) groups is 3. The number of aliphatic hydroxyl groups excluding tert-OH is 1. The Morgan fingerprint density at radius 3 is 2.43 bits per heavy atom. The van der Waals surface area contributed by atoms with Crippen molar-refractivity contribution in [3.63, 3.8) is 0 Å². The Labute approximate surface area is 207 Å². The molecule has 3 saturated heterocycles. The minimum absolute atomic E-state index is 0.180. The number of carbonyl (C=O) groups excluding carboxylic acids is 3. The molecule has 8 heteroatoms. The quantitative estimate of drug-likeness (QED) is 0.417. The topological polar surface area (TPSA) is 108 Å². The van der Waals surface area contributed by atoms with Gasteiger partial charge in [0.2, 0.25) is 17.7 Å². The van der Waals surface area contributed by atoms with Crippen molar-refractivity contribution in [2.45, 2.75) is 82.6 Å². The van der Waals surface area contributed by atoms with Crippen molar-refractivity contribution in [1.82, 2.24) is 15.5 Å². The lowest BCUT2D eigenvalue weighted by atomic mass is 9.65. The standard InChI is InChI=1S/C27H39N3O5/c1-4-7-16-29-24(33)22-27-14-13-26(6-3,35-27)20(23(32)28-15-5-2)21(27)25(34)30(22)19(17-31)18-11-9-8-10-12-18/h8-12,19-22,31H,4-7,13-17H2,1-3H3,(H,28,32)(H,29,33)/t19-,20-,21+,22?,26+,27?/m1/s1. The van der Waals surface area contributed by atoms with Crippen LogP contribution in [-0.4, -0.2) is 64.7 Å². The number of nitrogens with zero attached hydrogens (tertiary/aromatic N) is 1. The third kappa shape index (κ3) is 4.04. The number of hydrogen-bond acceptors (Lipinski definition) is 5. The highest BCUT2D eigenvalue weighted by Gasteiger charge is 2.79. The molecule has 3 fully saturated rings. The fourth-order valence-electron chi connectivity index (χ4n) is 6.56. The fourth-order valence-corrected chi connectivity index (χ4v) is 6.56. The molecular weight excluding hydrogens is 446 g/mol. The van der Waals surface area contributed by atoms with Crippen LogP contribution in [0.5, 0.6) is 0 Å². The molecule has 0 saturated carbocycles. The van der Waals surface area contributed by atoms with Gasteiger partial charge >= 0.3 is 0 Å². The monoisotopic (exact) mass is 485 g/mol. The first-order chi connectivity index (χ1) is 16.9. The largest absolute Gasteiger partial charge is 0.394 e. The van der Waals surface area contributed by atoms with Crippen LogP contribution in [-0.2, 0) is 19.1 Å². The molecule has 3 aliphatic heterocycles. The van der Waals surface area contributed by atoms with Crippen LogP contribution in [0.25, 0.3) is 0 Å². The summed E-state index contributed by atoms with van der Waals surface area (Å²) in [7, 11) is 0. The maximum absolute atomic E-state index is 14.2. The third-order valence-electron chi connectivity index (χ3n) is 8.22. The number of likely N-dealkylation sites (tertiary alicyclic amines) is 1. The van der Waals surface area contributed by atoms with E-state index in [1.165, 1.54) is 4.90 Å². The van der Waals surface area contributed by atoms with Crippen LogP contribution in [0.15, 0.2) is 30.3 Å². The van der Waals surface area contributed by atoms with E-state index in [1.54, 1.807) is 0 Å². The second kappa shape index (κ2) is 10.3. The molecule has 1 aromatic carbocycles. The predicted molar refractivity (Wildman–Crippen MR) is 131 cm³/mol. The smallest absolute Gasteiger partial charge is 0.245 e. The average molecular weight is 486 g/mol. The van der Waals surface area contributed by atoms with Gasteiger partial charge in [-0.1, -0.05) is 57.5 Å². The molecule has 8 nitrogen and oxygen atoms in total. The summed E-state index contributed by atoms with van der Waals surface area (Å²) in [6.07, 6.45) is 4.29. The molecular formula is C27H39N3O5. The summed E-state index contributed by atoms with van der Waals surface area (Å²) < 4.78 is 6.74. The highest BCUT2D eigenvalue weighted by Crippen LogP contribution is 2.65. The summed E-state index contributed by atoms with van der Waals surface area (Å²) >= 11 is 0. The second-order valence-electron chi connectivity index (χ2n) is 10.1. The maximum Gasteiger partial charge on any atom is 0.245 e. The first-order valence-corrected chi connectivity index (χ1v) is 13.1. The van der Waals surface area contributed by atoms with Gasteiger partial charge in [0.15, 0.2) is 0 Å². The van der Waals surface area contributed by atoms with Crippen LogP contribution in [0, 0.1) is 11.8 Å². The van der Waals surface area contributed by atoms with Crippen LogP contribution in [0.3, 0.4) is 0 Å². The summed E-state index contributed by atoms with van der Waals surface area (Å²) in [5.41, 5.74) is -1.09. The molecule has 35 heavy (non-hydrogen) atoms. The molecule has 4 rings (SSSR count). The van der Waals surface area contributed by atoms with Crippen LogP contribution in [0.1, 0.15) is 70.9 Å². The number of benzene rings is 1. The van der Waals surface area contributed by atoms with Crippen molar-refractivity contribution in [3.05, 3.63) is 35.9 Å². The molecule has 0 aromatic heterocycles. The highest BCUT2D eigenvalue weighted by molar-refractivity contribution is 5.99. The van der Waals surface area contributed by atoms with Gasteiger partial charge in [0.25, 0.3) is 0 Å². The first kappa shape index (κ1) is 25.6. The van der Waals surface area contributed by atoms with Crippen LogP contribution in [0.4, 0.5) is 0 Å². The minimum Gasteiger partial charge on any atom is -0.394 e. The Balaban J connectivity index is 1.79. The molecule has 0 radical (unpaired) electrons. The van der Waals surface area contributed by atoms with Gasteiger partial charge in [-0.05, 0) is 37.7 Å². The average Bonchev–Trinajstić information content (AvgIpc) is 3.48. The number of amides is 3. The zero-order valence-corrected chi connectivity index (χ0v) is 21.1. The summed E-state index contributed by atoms with van der Waals surface area (Å²) in [6, 6.07) is 7.66. The Morgan fingerprint density at radius 1 is 1.09 bits per heavy atom. The predicted octanol–water partition coefficient (Wildman–Crippen LogP) is 2.32. The van der Waals surface area contributed by atoms with Gasteiger partial charge in [-0.15, -0.1) is 0 Å². The normalized spacial score (nSPS) is 31.9.